The molecule has 0 heterocycles. The molecule has 6 nitrogen and oxygen atoms in total. The molecule has 0 radical (unpaired) electrons. The average Bonchev–Trinajstić information content (AvgIpc) is 2.47. The molecule has 1 aromatic carbocycles. The lowest BCUT2D eigenvalue weighted by Crippen LogP contribution is -2.39. The van der Waals surface area contributed by atoms with Crippen LogP contribution in [0.4, 0.5) is 5.69 Å². The second-order valence-electron chi connectivity index (χ2n) is 5.72. The number of carbonyl (C=O) groups is 2. The normalized spacial score (nSPS) is 12.2. The first-order valence-electron chi connectivity index (χ1n) is 7.83. The Morgan fingerprint density at radius 2 is 1.96 bits per heavy atom. The van der Waals surface area contributed by atoms with Crippen molar-refractivity contribution < 1.29 is 23.6 Å². The van der Waals surface area contributed by atoms with E-state index in [2.05, 4.69) is 0 Å². The molecule has 0 saturated heterocycles. The third-order valence-electron chi connectivity index (χ3n) is 3.38. The molecule has 0 fully saturated rings. The Labute approximate surface area is 145 Å². The number of ether oxygens (including phenoxy) is 1. The fraction of sp³-hybridized carbons (Fsp3) is 0.529. The van der Waals surface area contributed by atoms with E-state index < -0.39 is 28.4 Å². The molecule has 24 heavy (non-hydrogen) atoms. The first-order valence-corrected chi connectivity index (χ1v) is 9.32. The van der Waals surface area contributed by atoms with E-state index in [9.17, 15) is 13.8 Å². The maximum atomic E-state index is 12.6. The summed E-state index contributed by atoms with van der Waals surface area (Å²) >= 11 is 0. The maximum absolute atomic E-state index is 12.6. The first-order chi connectivity index (χ1) is 11.3. The molecular weight excluding hydrogens is 330 g/mol. The Hall–Kier alpha value is -1.73. The summed E-state index contributed by atoms with van der Waals surface area (Å²) in [7, 11) is -1.75. The van der Waals surface area contributed by atoms with Gasteiger partial charge < -0.3 is 9.84 Å². The fourth-order valence-electron chi connectivity index (χ4n) is 2.28. The standard InChI is InChI=1S/C17H25NO5S/c1-5-14-8-6-7-13(4)17(14)18(11-23-12(2)3)15(19)9-24(22)10-16(20)21/h6-8,12H,5,9-11H2,1-4H3,(H,20,21). The molecule has 0 aliphatic rings. The summed E-state index contributed by atoms with van der Waals surface area (Å²) in [5.41, 5.74) is 2.65. The van der Waals surface area contributed by atoms with Crippen molar-refractivity contribution in [2.24, 2.45) is 0 Å². The van der Waals surface area contributed by atoms with Gasteiger partial charge >= 0.3 is 5.97 Å². The Morgan fingerprint density at radius 3 is 2.50 bits per heavy atom. The Bertz CT molecular complexity index is 615. The maximum Gasteiger partial charge on any atom is 0.316 e. The molecule has 7 heteroatoms. The molecule has 0 bridgehead atoms. The van der Waals surface area contributed by atoms with E-state index in [0.717, 1.165) is 23.2 Å². The van der Waals surface area contributed by atoms with E-state index in [0.29, 0.717) is 0 Å². The number of amides is 1. The zero-order valence-corrected chi connectivity index (χ0v) is 15.4. The van der Waals surface area contributed by atoms with E-state index in [1.54, 1.807) is 0 Å². The molecule has 0 aliphatic heterocycles. The number of para-hydroxylation sites is 1. The van der Waals surface area contributed by atoms with Gasteiger partial charge in [0.25, 0.3) is 0 Å². The van der Waals surface area contributed by atoms with E-state index in [1.807, 2.05) is 45.9 Å². The molecule has 1 rings (SSSR count). The quantitative estimate of drug-likeness (QED) is 0.686. The predicted octanol–water partition coefficient (Wildman–Crippen LogP) is 2.11. The lowest BCUT2D eigenvalue weighted by Gasteiger charge is -2.27. The summed E-state index contributed by atoms with van der Waals surface area (Å²) in [5, 5.41) is 8.71. The van der Waals surface area contributed by atoms with Gasteiger partial charge in [0.05, 0.1) is 11.8 Å². The third kappa shape index (κ3) is 6.05. The summed E-state index contributed by atoms with van der Waals surface area (Å²) in [4.78, 5) is 24.8. The smallest absolute Gasteiger partial charge is 0.316 e. The van der Waals surface area contributed by atoms with Gasteiger partial charge in [-0.15, -0.1) is 0 Å². The van der Waals surface area contributed by atoms with Gasteiger partial charge in [0.1, 0.15) is 18.2 Å². The highest BCUT2D eigenvalue weighted by Gasteiger charge is 2.23. The van der Waals surface area contributed by atoms with Crippen LogP contribution in [0.15, 0.2) is 18.2 Å². The van der Waals surface area contributed by atoms with Crippen LogP contribution < -0.4 is 4.90 Å². The number of anilines is 1. The molecular formula is C17H25NO5S. The fourth-order valence-corrected chi connectivity index (χ4v) is 3.09. The number of hydrogen-bond acceptors (Lipinski definition) is 4. The lowest BCUT2D eigenvalue weighted by atomic mass is 10.0. The van der Waals surface area contributed by atoms with Crippen molar-refractivity contribution >= 4 is 28.4 Å². The minimum atomic E-state index is -1.75. The van der Waals surface area contributed by atoms with E-state index in [-0.39, 0.29) is 18.6 Å². The highest BCUT2D eigenvalue weighted by molar-refractivity contribution is 7.86. The van der Waals surface area contributed by atoms with Crippen LogP contribution in [0.3, 0.4) is 0 Å². The van der Waals surface area contributed by atoms with E-state index in [4.69, 9.17) is 9.84 Å². The zero-order valence-electron chi connectivity index (χ0n) is 14.6. The Kier molecular flexibility index (Phi) is 8.07. The molecule has 1 amide bonds. The SMILES string of the molecule is CCc1cccc(C)c1N(COC(C)C)C(=O)CS(=O)CC(=O)O. The summed E-state index contributed by atoms with van der Waals surface area (Å²) < 4.78 is 17.4. The highest BCUT2D eigenvalue weighted by atomic mass is 32.2. The second-order valence-corrected chi connectivity index (χ2v) is 7.18. The van der Waals surface area contributed by atoms with Gasteiger partial charge in [-0.05, 0) is 38.3 Å². The number of hydrogen-bond donors (Lipinski definition) is 1. The number of carbonyl (C=O) groups excluding carboxylic acids is 1. The molecule has 1 atom stereocenters. The van der Waals surface area contributed by atoms with Crippen LogP contribution in [0.5, 0.6) is 0 Å². The number of carboxylic acid groups (broad SMARTS) is 1. The van der Waals surface area contributed by atoms with Crippen LogP contribution in [0.1, 0.15) is 31.9 Å². The largest absolute Gasteiger partial charge is 0.481 e. The van der Waals surface area contributed by atoms with Crippen LogP contribution in [0.2, 0.25) is 0 Å². The number of carboxylic acids is 1. The third-order valence-corrected chi connectivity index (χ3v) is 4.52. The average molecular weight is 355 g/mol. The highest BCUT2D eigenvalue weighted by Crippen LogP contribution is 2.26. The summed E-state index contributed by atoms with van der Waals surface area (Å²) in [6.07, 6.45) is 0.666. The van der Waals surface area contributed by atoms with Gasteiger partial charge in [0.2, 0.25) is 5.91 Å². The van der Waals surface area contributed by atoms with Crippen LogP contribution in [0, 0.1) is 6.92 Å². The second kappa shape index (κ2) is 9.54. The van der Waals surface area contributed by atoms with Gasteiger partial charge in [0.15, 0.2) is 0 Å². The zero-order chi connectivity index (χ0) is 18.3. The summed E-state index contributed by atoms with van der Waals surface area (Å²) in [5.74, 6) is -2.47. The predicted molar refractivity (Wildman–Crippen MR) is 94.6 cm³/mol. The summed E-state index contributed by atoms with van der Waals surface area (Å²) in [6.45, 7) is 7.66. The molecule has 0 spiro atoms. The van der Waals surface area contributed by atoms with E-state index in [1.165, 1.54) is 4.90 Å². The van der Waals surface area contributed by atoms with E-state index >= 15 is 0 Å². The van der Waals surface area contributed by atoms with Gasteiger partial charge in [-0.25, -0.2) is 0 Å². The lowest BCUT2D eigenvalue weighted by molar-refractivity contribution is -0.133. The number of aliphatic carboxylic acids is 1. The van der Waals surface area contributed by atoms with Crippen LogP contribution >= 0.6 is 0 Å². The van der Waals surface area contributed by atoms with Crippen LogP contribution in [0.25, 0.3) is 0 Å². The monoisotopic (exact) mass is 355 g/mol. The molecule has 1 N–H and O–H groups in total. The minimum Gasteiger partial charge on any atom is -0.481 e. The molecule has 134 valence electrons. The number of benzene rings is 1. The first kappa shape index (κ1) is 20.3. The molecule has 1 unspecified atom stereocenters. The van der Waals surface area contributed by atoms with Crippen molar-refractivity contribution in [1.82, 2.24) is 0 Å². The van der Waals surface area contributed by atoms with Crippen molar-refractivity contribution in [3.63, 3.8) is 0 Å². The molecule has 0 aliphatic carbocycles. The molecule has 1 aromatic rings. The van der Waals surface area contributed by atoms with Crippen molar-refractivity contribution in [3.05, 3.63) is 29.3 Å². The van der Waals surface area contributed by atoms with Crippen molar-refractivity contribution in [3.8, 4) is 0 Å². The van der Waals surface area contributed by atoms with Crippen molar-refractivity contribution in [2.75, 3.05) is 23.1 Å². The number of aryl methyl sites for hydroxylation is 2. The van der Waals surface area contributed by atoms with Crippen molar-refractivity contribution in [2.45, 2.75) is 40.2 Å². The minimum absolute atomic E-state index is 0.0403. The topological polar surface area (TPSA) is 83.9 Å². The van der Waals surface area contributed by atoms with Crippen LogP contribution in [-0.2, 0) is 31.5 Å². The summed E-state index contributed by atoms with van der Waals surface area (Å²) in [6, 6.07) is 5.76. The van der Waals surface area contributed by atoms with Crippen molar-refractivity contribution in [1.29, 1.82) is 0 Å². The number of nitrogens with zero attached hydrogens (tertiary/aromatic N) is 1. The Morgan fingerprint density at radius 1 is 1.29 bits per heavy atom. The van der Waals surface area contributed by atoms with Crippen LogP contribution in [-0.4, -0.2) is 45.5 Å². The Balaban J connectivity index is 3.10. The van der Waals surface area contributed by atoms with Gasteiger partial charge in [-0.1, -0.05) is 25.1 Å². The van der Waals surface area contributed by atoms with Gasteiger partial charge in [0, 0.05) is 10.8 Å². The van der Waals surface area contributed by atoms with Gasteiger partial charge in [-0.2, -0.15) is 0 Å². The molecule has 0 aromatic heterocycles. The molecule has 0 saturated carbocycles. The number of rotatable bonds is 9. The van der Waals surface area contributed by atoms with Gasteiger partial charge in [-0.3, -0.25) is 18.7 Å².